The second-order valence-corrected chi connectivity index (χ2v) is 6.01. The van der Waals surface area contributed by atoms with Crippen molar-refractivity contribution in [3.8, 4) is 0 Å². The first-order valence-electron chi connectivity index (χ1n) is 8.31. The molecular weight excluding hydrogens is 302 g/mol. The Morgan fingerprint density at radius 1 is 1.29 bits per heavy atom. The van der Waals surface area contributed by atoms with Crippen LogP contribution >= 0.6 is 0 Å². The molecule has 2 aromatic rings. The molecule has 1 aliphatic heterocycles. The van der Waals surface area contributed by atoms with E-state index in [1.54, 1.807) is 0 Å². The highest BCUT2D eigenvalue weighted by molar-refractivity contribution is 5.69. The van der Waals surface area contributed by atoms with Gasteiger partial charge in [0, 0.05) is 19.3 Å². The number of ether oxygens (including phenoxy) is 1. The molecule has 1 aromatic heterocycles. The standard InChI is InChI=1S/C19H23N3O2/c1-14-16(10-11-18(20-2)21-14)17-9-6-12-22(17)19(23)24-13-15-7-4-3-5-8-15/h3-5,7-8,10-11,17H,6,9,12-13H2,1-2H3,(H,20,21). The van der Waals surface area contributed by atoms with Crippen LogP contribution in [0.25, 0.3) is 0 Å². The maximum Gasteiger partial charge on any atom is 0.410 e. The number of nitrogens with zero attached hydrogens (tertiary/aromatic N) is 2. The van der Waals surface area contributed by atoms with Crippen molar-refractivity contribution in [3.63, 3.8) is 0 Å². The van der Waals surface area contributed by atoms with Gasteiger partial charge in [0.05, 0.1) is 6.04 Å². The van der Waals surface area contributed by atoms with E-state index in [9.17, 15) is 4.79 Å². The molecule has 24 heavy (non-hydrogen) atoms. The SMILES string of the molecule is CNc1ccc(C2CCCN2C(=O)OCc2ccccc2)c(C)n1. The molecule has 1 aliphatic rings. The van der Waals surface area contributed by atoms with E-state index in [1.807, 2.05) is 55.3 Å². The maximum absolute atomic E-state index is 12.5. The van der Waals surface area contributed by atoms with Gasteiger partial charge < -0.3 is 15.0 Å². The van der Waals surface area contributed by atoms with Crippen molar-refractivity contribution in [2.75, 3.05) is 18.9 Å². The number of rotatable bonds is 4. The summed E-state index contributed by atoms with van der Waals surface area (Å²) in [6.45, 7) is 3.02. The Bertz CT molecular complexity index is 703. The van der Waals surface area contributed by atoms with Gasteiger partial charge in [-0.1, -0.05) is 36.4 Å². The fourth-order valence-electron chi connectivity index (χ4n) is 3.17. The Morgan fingerprint density at radius 2 is 2.08 bits per heavy atom. The summed E-state index contributed by atoms with van der Waals surface area (Å²) in [5.41, 5.74) is 3.05. The number of anilines is 1. The van der Waals surface area contributed by atoms with Gasteiger partial charge in [-0.05, 0) is 37.0 Å². The number of aromatic nitrogens is 1. The van der Waals surface area contributed by atoms with Crippen LogP contribution in [0.4, 0.5) is 10.6 Å². The topological polar surface area (TPSA) is 54.5 Å². The third kappa shape index (κ3) is 3.50. The van der Waals surface area contributed by atoms with Crippen LogP contribution in [-0.2, 0) is 11.3 Å². The van der Waals surface area contributed by atoms with E-state index in [1.165, 1.54) is 0 Å². The third-order valence-corrected chi connectivity index (χ3v) is 4.43. The number of carbonyl (C=O) groups excluding carboxylic acids is 1. The summed E-state index contributed by atoms with van der Waals surface area (Å²) in [4.78, 5) is 18.9. The molecule has 0 aliphatic carbocycles. The summed E-state index contributed by atoms with van der Waals surface area (Å²) in [7, 11) is 1.85. The Kier molecular flexibility index (Phi) is 4.99. The van der Waals surface area contributed by atoms with Crippen LogP contribution in [0.3, 0.4) is 0 Å². The van der Waals surface area contributed by atoms with Crippen LogP contribution in [0.1, 0.15) is 35.7 Å². The zero-order chi connectivity index (χ0) is 16.9. The van der Waals surface area contributed by atoms with E-state index in [4.69, 9.17) is 4.74 Å². The highest BCUT2D eigenvalue weighted by Crippen LogP contribution is 2.34. The minimum absolute atomic E-state index is 0.0479. The van der Waals surface area contributed by atoms with Crippen molar-refractivity contribution in [1.29, 1.82) is 0 Å². The van der Waals surface area contributed by atoms with E-state index < -0.39 is 0 Å². The molecule has 3 rings (SSSR count). The lowest BCUT2D eigenvalue weighted by atomic mass is 10.0. The summed E-state index contributed by atoms with van der Waals surface area (Å²) < 4.78 is 5.50. The molecule has 1 amide bonds. The van der Waals surface area contributed by atoms with E-state index in [2.05, 4.69) is 16.4 Å². The smallest absolute Gasteiger partial charge is 0.410 e. The van der Waals surface area contributed by atoms with E-state index in [0.29, 0.717) is 6.61 Å². The summed E-state index contributed by atoms with van der Waals surface area (Å²) in [6, 6.07) is 13.8. The number of amides is 1. The minimum atomic E-state index is -0.251. The predicted molar refractivity (Wildman–Crippen MR) is 93.8 cm³/mol. The molecule has 1 N–H and O–H groups in total. The average molecular weight is 325 g/mol. The molecule has 1 fully saturated rings. The second kappa shape index (κ2) is 7.34. The van der Waals surface area contributed by atoms with Crippen molar-refractivity contribution in [2.24, 2.45) is 0 Å². The van der Waals surface area contributed by atoms with Gasteiger partial charge in [0.15, 0.2) is 0 Å². The third-order valence-electron chi connectivity index (χ3n) is 4.43. The fourth-order valence-corrected chi connectivity index (χ4v) is 3.17. The monoisotopic (exact) mass is 325 g/mol. The fraction of sp³-hybridized carbons (Fsp3) is 0.368. The summed E-state index contributed by atoms with van der Waals surface area (Å²) in [5.74, 6) is 0.840. The zero-order valence-corrected chi connectivity index (χ0v) is 14.2. The molecular formula is C19H23N3O2. The van der Waals surface area contributed by atoms with Gasteiger partial charge in [0.25, 0.3) is 0 Å². The normalized spacial score (nSPS) is 16.9. The molecule has 0 bridgehead atoms. The molecule has 126 valence electrons. The highest BCUT2D eigenvalue weighted by atomic mass is 16.6. The number of hydrogen-bond acceptors (Lipinski definition) is 4. The largest absolute Gasteiger partial charge is 0.445 e. The minimum Gasteiger partial charge on any atom is -0.445 e. The molecule has 5 heteroatoms. The van der Waals surface area contributed by atoms with Crippen molar-refractivity contribution in [3.05, 3.63) is 59.3 Å². The zero-order valence-electron chi connectivity index (χ0n) is 14.2. The molecule has 1 saturated heterocycles. The first kappa shape index (κ1) is 16.3. The van der Waals surface area contributed by atoms with Crippen LogP contribution in [0, 0.1) is 6.92 Å². The van der Waals surface area contributed by atoms with Crippen LogP contribution < -0.4 is 5.32 Å². The first-order chi connectivity index (χ1) is 11.7. The lowest BCUT2D eigenvalue weighted by molar-refractivity contribution is 0.0919. The van der Waals surface area contributed by atoms with E-state index in [-0.39, 0.29) is 12.1 Å². The van der Waals surface area contributed by atoms with E-state index in [0.717, 1.165) is 42.0 Å². The number of benzene rings is 1. The van der Waals surface area contributed by atoms with Crippen molar-refractivity contribution in [2.45, 2.75) is 32.4 Å². The van der Waals surface area contributed by atoms with E-state index >= 15 is 0 Å². The van der Waals surface area contributed by atoms with Crippen molar-refractivity contribution >= 4 is 11.9 Å². The van der Waals surface area contributed by atoms with Gasteiger partial charge in [-0.25, -0.2) is 9.78 Å². The number of hydrogen-bond donors (Lipinski definition) is 1. The maximum atomic E-state index is 12.5. The molecule has 5 nitrogen and oxygen atoms in total. The molecule has 1 unspecified atom stereocenters. The molecule has 0 saturated carbocycles. The Balaban J connectivity index is 1.69. The quantitative estimate of drug-likeness (QED) is 0.926. The first-order valence-corrected chi connectivity index (χ1v) is 8.31. The van der Waals surface area contributed by atoms with Crippen LogP contribution in [0.15, 0.2) is 42.5 Å². The van der Waals surface area contributed by atoms with Gasteiger partial charge in [0.1, 0.15) is 12.4 Å². The molecule has 0 radical (unpaired) electrons. The summed E-state index contributed by atoms with van der Waals surface area (Å²) in [5, 5.41) is 3.04. The molecule has 1 aromatic carbocycles. The summed E-state index contributed by atoms with van der Waals surface area (Å²) in [6.07, 6.45) is 1.68. The van der Waals surface area contributed by atoms with Gasteiger partial charge in [-0.2, -0.15) is 0 Å². The van der Waals surface area contributed by atoms with Gasteiger partial charge >= 0.3 is 6.09 Å². The van der Waals surface area contributed by atoms with Crippen molar-refractivity contribution < 1.29 is 9.53 Å². The highest BCUT2D eigenvalue weighted by Gasteiger charge is 2.32. The lowest BCUT2D eigenvalue weighted by Gasteiger charge is -2.25. The number of pyridine rings is 1. The summed E-state index contributed by atoms with van der Waals surface area (Å²) >= 11 is 0. The molecule has 1 atom stereocenters. The molecule has 2 heterocycles. The van der Waals surface area contributed by atoms with Crippen LogP contribution in [0.5, 0.6) is 0 Å². The number of aryl methyl sites for hydroxylation is 1. The average Bonchev–Trinajstić information content (AvgIpc) is 3.10. The lowest BCUT2D eigenvalue weighted by Crippen LogP contribution is -2.31. The van der Waals surface area contributed by atoms with Gasteiger partial charge in [0.2, 0.25) is 0 Å². The predicted octanol–water partition coefficient (Wildman–Crippen LogP) is 3.91. The number of likely N-dealkylation sites (tertiary alicyclic amines) is 1. The van der Waals surface area contributed by atoms with Gasteiger partial charge in [-0.3, -0.25) is 0 Å². The number of carbonyl (C=O) groups is 1. The van der Waals surface area contributed by atoms with Crippen molar-refractivity contribution in [1.82, 2.24) is 9.88 Å². The Labute approximate surface area is 142 Å². The van der Waals surface area contributed by atoms with Crippen LogP contribution in [0.2, 0.25) is 0 Å². The Morgan fingerprint density at radius 3 is 2.79 bits per heavy atom. The van der Waals surface area contributed by atoms with Crippen LogP contribution in [-0.4, -0.2) is 29.6 Å². The second-order valence-electron chi connectivity index (χ2n) is 6.01. The van der Waals surface area contributed by atoms with Gasteiger partial charge in [-0.15, -0.1) is 0 Å². The molecule has 0 spiro atoms. The number of nitrogens with one attached hydrogen (secondary N) is 1. The Hall–Kier alpha value is -2.56.